The predicted octanol–water partition coefficient (Wildman–Crippen LogP) is 6.41. The molecule has 0 aliphatic heterocycles. The number of benzene rings is 4. The second kappa shape index (κ2) is 14.1. The lowest BCUT2D eigenvalue weighted by atomic mass is 9.89. The molecule has 3 amide bonds. The molecule has 4 aromatic rings. The summed E-state index contributed by atoms with van der Waals surface area (Å²) in [5.74, 6) is -2.90. The maximum absolute atomic E-state index is 13.7. The largest absolute Gasteiger partial charge is 0.465 e. The molecule has 0 fully saturated rings. The zero-order valence-electron chi connectivity index (χ0n) is 24.8. The third kappa shape index (κ3) is 7.38. The van der Waals surface area contributed by atoms with Crippen molar-refractivity contribution >= 4 is 87.2 Å². The molecular formula is C34H25Cl2N5O6. The monoisotopic (exact) mass is 669 g/mol. The molecule has 13 heteroatoms. The van der Waals surface area contributed by atoms with Crippen LogP contribution in [0.4, 0.5) is 22.7 Å². The first-order chi connectivity index (χ1) is 22.5. The number of methoxy groups -OCH3 is 1. The van der Waals surface area contributed by atoms with Gasteiger partial charge in [-0.05, 0) is 66.2 Å². The lowest BCUT2D eigenvalue weighted by Gasteiger charge is -2.18. The van der Waals surface area contributed by atoms with Crippen molar-refractivity contribution in [1.82, 2.24) is 0 Å². The van der Waals surface area contributed by atoms with Crippen LogP contribution in [0.25, 0.3) is 6.08 Å². The second-order valence-electron chi connectivity index (χ2n) is 10.1. The number of carbonyl (C=O) groups is 5. The third-order valence-electron chi connectivity index (χ3n) is 6.86. The predicted molar refractivity (Wildman–Crippen MR) is 181 cm³/mol. The minimum absolute atomic E-state index is 0.0296. The number of anilines is 4. The van der Waals surface area contributed by atoms with Crippen LogP contribution in [0, 0.1) is 0 Å². The smallest absolute Gasteiger partial charge is 0.340 e. The van der Waals surface area contributed by atoms with E-state index in [1.807, 2.05) is 0 Å². The summed E-state index contributed by atoms with van der Waals surface area (Å²) in [5.41, 5.74) is 4.84. The number of ketones is 1. The Bertz CT molecular complexity index is 2010. The minimum atomic E-state index is -0.725. The Morgan fingerprint density at radius 2 is 1.47 bits per heavy atom. The van der Waals surface area contributed by atoms with Gasteiger partial charge in [0.15, 0.2) is 0 Å². The van der Waals surface area contributed by atoms with Gasteiger partial charge in [0.25, 0.3) is 11.8 Å². The normalized spacial score (nSPS) is 12.8. The van der Waals surface area contributed by atoms with E-state index in [1.54, 1.807) is 66.7 Å². The minimum Gasteiger partial charge on any atom is -0.465 e. The number of ether oxygens (including phenoxy) is 1. The first kappa shape index (κ1) is 32.6. The molecule has 1 aliphatic rings. The van der Waals surface area contributed by atoms with Gasteiger partial charge in [-0.2, -0.15) is 5.10 Å². The van der Waals surface area contributed by atoms with Crippen LogP contribution in [-0.2, 0) is 19.1 Å². The molecule has 0 atom stereocenters. The molecule has 0 saturated carbocycles. The fourth-order valence-corrected chi connectivity index (χ4v) is 4.95. The van der Waals surface area contributed by atoms with Crippen LogP contribution in [0.1, 0.15) is 38.8 Å². The fourth-order valence-electron chi connectivity index (χ4n) is 4.60. The third-order valence-corrected chi connectivity index (χ3v) is 7.68. The highest BCUT2D eigenvalue weighted by Crippen LogP contribution is 2.30. The summed E-state index contributed by atoms with van der Waals surface area (Å²) >= 11 is 12.3. The summed E-state index contributed by atoms with van der Waals surface area (Å²) in [4.78, 5) is 64.0. The molecule has 4 N–H and O–H groups in total. The molecule has 0 unspecified atom stereocenters. The Hall–Kier alpha value is -5.78. The Labute approximate surface area is 278 Å². The number of Topliss-reactive ketones (excluding diaryl/α,β-unsaturated/α-hetero) is 1. The highest BCUT2D eigenvalue weighted by Gasteiger charge is 2.30. The highest BCUT2D eigenvalue weighted by molar-refractivity contribution is 6.59. The van der Waals surface area contributed by atoms with Crippen molar-refractivity contribution in [1.29, 1.82) is 0 Å². The molecule has 0 bridgehead atoms. The Morgan fingerprint density at radius 3 is 2.17 bits per heavy atom. The van der Waals surface area contributed by atoms with E-state index in [2.05, 4.69) is 26.5 Å². The summed E-state index contributed by atoms with van der Waals surface area (Å²) in [6.07, 6.45) is 1.46. The van der Waals surface area contributed by atoms with Gasteiger partial charge in [0.05, 0.1) is 39.7 Å². The Balaban J connectivity index is 1.44. The van der Waals surface area contributed by atoms with Gasteiger partial charge in [-0.15, -0.1) is 0 Å². The molecule has 1 aliphatic carbocycles. The number of halogens is 2. The molecule has 47 heavy (non-hydrogen) atoms. The number of hydrogen-bond donors (Lipinski definition) is 4. The van der Waals surface area contributed by atoms with Crippen LogP contribution in [0.15, 0.2) is 95.6 Å². The van der Waals surface area contributed by atoms with E-state index in [-0.39, 0.29) is 49.7 Å². The number of fused-ring (bicyclic) bond motifs is 1. The molecule has 0 spiro atoms. The molecule has 0 saturated heterocycles. The summed E-state index contributed by atoms with van der Waals surface area (Å²) in [6.45, 7) is 1.38. The van der Waals surface area contributed by atoms with Crippen molar-refractivity contribution < 1.29 is 28.7 Å². The van der Waals surface area contributed by atoms with Crippen LogP contribution in [0.3, 0.4) is 0 Å². The number of carbonyl (C=O) groups excluding carboxylic acids is 5. The first-order valence-corrected chi connectivity index (χ1v) is 14.7. The van der Waals surface area contributed by atoms with E-state index in [4.69, 9.17) is 27.9 Å². The van der Waals surface area contributed by atoms with Crippen LogP contribution in [0.5, 0.6) is 0 Å². The molecule has 5 rings (SSSR count). The number of rotatable bonds is 8. The zero-order chi connectivity index (χ0) is 33.7. The zero-order valence-corrected chi connectivity index (χ0v) is 26.3. The first-order valence-electron chi connectivity index (χ1n) is 13.9. The maximum atomic E-state index is 13.7. The highest BCUT2D eigenvalue weighted by atomic mass is 35.5. The van der Waals surface area contributed by atoms with Crippen molar-refractivity contribution in [2.45, 2.75) is 6.92 Å². The maximum Gasteiger partial charge on any atom is 0.340 e. The fraction of sp³-hybridized carbons (Fsp3) is 0.0588. The van der Waals surface area contributed by atoms with Crippen LogP contribution in [0.2, 0.25) is 10.0 Å². The van der Waals surface area contributed by atoms with Gasteiger partial charge >= 0.3 is 5.97 Å². The molecule has 0 radical (unpaired) electrons. The second-order valence-corrected chi connectivity index (χ2v) is 10.9. The van der Waals surface area contributed by atoms with E-state index in [0.717, 1.165) is 0 Å². The summed E-state index contributed by atoms with van der Waals surface area (Å²) in [6, 6.07) is 22.1. The molecule has 4 aromatic carbocycles. The number of nitrogens with one attached hydrogen (secondary N) is 4. The van der Waals surface area contributed by atoms with Crippen molar-refractivity contribution in [2.75, 3.05) is 28.5 Å². The number of esters is 1. The standard InChI is InChI=1S/C34H25Cl2N5O6/c1-18(42)37-21-11-13-22(14-12-21)38-33(45)25-16-19-6-3-4-7-23(19)30(31(25)43)41-40-28-17-20(10-15-24(28)34(46)47-2)32(44)39-27-9-5-8-26(35)29(27)36/h3-17,40H,1-2H3,(H,37,42)(H,38,45)(H,39,44)/b41-30-. The van der Waals surface area contributed by atoms with Gasteiger partial charge in [0.1, 0.15) is 5.71 Å². The quantitative estimate of drug-likeness (QED) is 0.0959. The SMILES string of the molecule is COC(=O)c1ccc(C(=O)Nc2cccc(Cl)c2Cl)cc1N/N=C1\C(=O)C(C(=O)Nc2ccc(NC(C)=O)cc2)=Cc2ccccc21. The summed E-state index contributed by atoms with van der Waals surface area (Å²) in [5, 5.41) is 12.7. The van der Waals surface area contributed by atoms with Gasteiger partial charge in [-0.25, -0.2) is 4.79 Å². The van der Waals surface area contributed by atoms with E-state index in [9.17, 15) is 24.0 Å². The summed E-state index contributed by atoms with van der Waals surface area (Å²) < 4.78 is 4.89. The molecule has 11 nitrogen and oxygen atoms in total. The molecular weight excluding hydrogens is 645 g/mol. The Morgan fingerprint density at radius 1 is 0.766 bits per heavy atom. The Kier molecular flexibility index (Phi) is 9.79. The van der Waals surface area contributed by atoms with Gasteiger partial charge in [0, 0.05) is 29.4 Å². The molecule has 236 valence electrons. The van der Waals surface area contributed by atoms with Crippen LogP contribution >= 0.6 is 23.2 Å². The van der Waals surface area contributed by atoms with E-state index in [1.165, 1.54) is 38.3 Å². The van der Waals surface area contributed by atoms with Gasteiger partial charge in [-0.3, -0.25) is 24.6 Å². The molecule has 0 aromatic heterocycles. The lowest BCUT2D eigenvalue weighted by Crippen LogP contribution is -2.30. The van der Waals surface area contributed by atoms with Crippen molar-refractivity contribution in [3.8, 4) is 0 Å². The van der Waals surface area contributed by atoms with Crippen LogP contribution < -0.4 is 21.4 Å². The number of hydrazone groups is 1. The average molecular weight is 671 g/mol. The van der Waals surface area contributed by atoms with E-state index >= 15 is 0 Å². The van der Waals surface area contributed by atoms with Gasteiger partial charge in [-0.1, -0.05) is 53.5 Å². The topological polar surface area (TPSA) is 155 Å². The van der Waals surface area contributed by atoms with Gasteiger partial charge in [0.2, 0.25) is 11.7 Å². The van der Waals surface area contributed by atoms with Crippen molar-refractivity contribution in [3.05, 3.63) is 123 Å². The summed E-state index contributed by atoms with van der Waals surface area (Å²) in [7, 11) is 1.20. The number of hydrogen-bond acceptors (Lipinski definition) is 8. The lowest BCUT2D eigenvalue weighted by molar-refractivity contribution is -0.117. The van der Waals surface area contributed by atoms with Gasteiger partial charge < -0.3 is 20.7 Å². The number of amides is 3. The van der Waals surface area contributed by atoms with E-state index < -0.39 is 23.6 Å². The molecule has 0 heterocycles. The van der Waals surface area contributed by atoms with Crippen molar-refractivity contribution in [2.24, 2.45) is 5.10 Å². The van der Waals surface area contributed by atoms with Crippen molar-refractivity contribution in [3.63, 3.8) is 0 Å². The van der Waals surface area contributed by atoms with E-state index in [0.29, 0.717) is 22.5 Å². The average Bonchev–Trinajstić information content (AvgIpc) is 3.06. The van der Waals surface area contributed by atoms with Crippen LogP contribution in [-0.4, -0.2) is 42.3 Å². The number of nitrogens with zero attached hydrogens (tertiary/aromatic N) is 1.